The van der Waals surface area contributed by atoms with E-state index in [1.807, 2.05) is 0 Å². The van der Waals surface area contributed by atoms with E-state index in [9.17, 15) is 9.59 Å². The molecule has 27 heavy (non-hydrogen) atoms. The molecule has 0 bridgehead atoms. The van der Waals surface area contributed by atoms with Crippen LogP contribution in [-0.2, 0) is 19.1 Å². The highest BCUT2D eigenvalue weighted by Gasteiger charge is 2.59. The second kappa shape index (κ2) is 6.49. The third-order valence-electron chi connectivity index (χ3n) is 8.17. The van der Waals surface area contributed by atoms with E-state index >= 15 is 0 Å². The summed E-state index contributed by atoms with van der Waals surface area (Å²) in [5.41, 5.74) is 0.126. The molecule has 0 radical (unpaired) electrons. The Bertz CT molecular complexity index is 707. The first-order valence-electron chi connectivity index (χ1n) is 10.5. The van der Waals surface area contributed by atoms with Crippen molar-refractivity contribution in [2.24, 2.45) is 34.5 Å². The van der Waals surface area contributed by atoms with Crippen molar-refractivity contribution in [3.8, 4) is 0 Å². The molecule has 4 aliphatic carbocycles. The maximum absolute atomic E-state index is 11.6. The molecule has 0 spiro atoms. The van der Waals surface area contributed by atoms with Crippen LogP contribution in [0.5, 0.6) is 0 Å². The van der Waals surface area contributed by atoms with Crippen LogP contribution in [0.25, 0.3) is 0 Å². The van der Waals surface area contributed by atoms with Gasteiger partial charge in [-0.25, -0.2) is 0 Å². The fourth-order valence-electron chi connectivity index (χ4n) is 6.88. The molecule has 4 aliphatic rings. The summed E-state index contributed by atoms with van der Waals surface area (Å²) in [7, 11) is 0. The summed E-state index contributed by atoms with van der Waals surface area (Å²) >= 11 is 0. The zero-order valence-electron chi connectivity index (χ0n) is 17.0. The summed E-state index contributed by atoms with van der Waals surface area (Å²) in [5.74, 6) is 2.63. The normalized spacial score (nSPS) is 45.2. The molecule has 0 heterocycles. The number of ether oxygens (including phenoxy) is 2. The minimum absolute atomic E-state index is 0.0449. The molecule has 0 amide bonds. The zero-order valence-corrected chi connectivity index (χ0v) is 17.0. The van der Waals surface area contributed by atoms with Crippen molar-refractivity contribution in [1.29, 1.82) is 0 Å². The molecule has 7 atom stereocenters. The zero-order chi connectivity index (χ0) is 19.4. The van der Waals surface area contributed by atoms with Gasteiger partial charge in [0.05, 0.1) is 0 Å². The van der Waals surface area contributed by atoms with Crippen LogP contribution in [0.1, 0.15) is 66.2 Å². The number of allylic oxidation sites excluding steroid dienone is 4. The Morgan fingerprint density at radius 2 is 1.78 bits per heavy atom. The topological polar surface area (TPSA) is 52.6 Å². The van der Waals surface area contributed by atoms with Gasteiger partial charge < -0.3 is 9.47 Å². The SMILES string of the molecule is CC(=O)OC1=C[C@@]2(C)C(C=C[C@@H]3[C@H]2CC[C@]2(C)C(OC(C)=O)CC[C@@H]32)CC1. The van der Waals surface area contributed by atoms with E-state index in [0.29, 0.717) is 23.7 Å². The standard InChI is InChI=1S/C23H32O4/c1-14(24)26-17-7-5-16-6-8-18-19-9-10-21(27-15(2)25)22(19,3)12-11-20(18)23(16,4)13-17/h6,8,13,16,18-21H,5,7,9-12H2,1-4H3/t16?,18-,19-,20+,21?,22-,23-/m0/s1. The number of carbonyl (C=O) groups is 2. The van der Waals surface area contributed by atoms with E-state index in [1.165, 1.54) is 13.8 Å². The van der Waals surface area contributed by atoms with Gasteiger partial charge >= 0.3 is 11.9 Å². The molecular weight excluding hydrogens is 340 g/mol. The van der Waals surface area contributed by atoms with E-state index in [0.717, 1.165) is 44.3 Å². The smallest absolute Gasteiger partial charge is 0.307 e. The minimum atomic E-state index is -0.220. The molecule has 0 saturated heterocycles. The molecule has 0 aliphatic heterocycles. The molecule has 0 aromatic rings. The predicted octanol–water partition coefficient (Wildman–Crippen LogP) is 4.79. The van der Waals surface area contributed by atoms with Gasteiger partial charge in [-0.2, -0.15) is 0 Å². The van der Waals surface area contributed by atoms with Gasteiger partial charge in [0.1, 0.15) is 11.9 Å². The third kappa shape index (κ3) is 2.96. The largest absolute Gasteiger partial charge is 0.462 e. The number of hydrogen-bond donors (Lipinski definition) is 0. The molecule has 0 aromatic carbocycles. The highest BCUT2D eigenvalue weighted by atomic mass is 16.5. The second-order valence-electron chi connectivity index (χ2n) is 9.61. The molecule has 4 nitrogen and oxygen atoms in total. The van der Waals surface area contributed by atoms with Crippen molar-refractivity contribution in [3.63, 3.8) is 0 Å². The number of carbonyl (C=O) groups excluding carboxylic acids is 2. The quantitative estimate of drug-likeness (QED) is 0.516. The first-order valence-corrected chi connectivity index (χ1v) is 10.5. The number of fused-ring (bicyclic) bond motifs is 5. The number of esters is 2. The minimum Gasteiger partial charge on any atom is -0.462 e. The van der Waals surface area contributed by atoms with Gasteiger partial charge in [-0.05, 0) is 67.3 Å². The molecule has 4 rings (SSSR count). The average Bonchev–Trinajstić information content (AvgIpc) is 2.89. The molecule has 148 valence electrons. The van der Waals surface area contributed by atoms with Crippen molar-refractivity contribution in [1.82, 2.24) is 0 Å². The summed E-state index contributed by atoms with van der Waals surface area (Å²) < 4.78 is 11.2. The first-order chi connectivity index (χ1) is 12.7. The predicted molar refractivity (Wildman–Crippen MR) is 102 cm³/mol. The van der Waals surface area contributed by atoms with Crippen molar-refractivity contribution in [2.75, 3.05) is 0 Å². The van der Waals surface area contributed by atoms with Gasteiger partial charge in [-0.15, -0.1) is 0 Å². The second-order valence-corrected chi connectivity index (χ2v) is 9.61. The lowest BCUT2D eigenvalue weighted by Crippen LogP contribution is -2.51. The Morgan fingerprint density at radius 1 is 1.00 bits per heavy atom. The molecule has 4 heteroatoms. The van der Waals surface area contributed by atoms with E-state index in [-0.39, 0.29) is 28.9 Å². The van der Waals surface area contributed by atoms with Gasteiger partial charge in [-0.1, -0.05) is 26.0 Å². The highest BCUT2D eigenvalue weighted by molar-refractivity contribution is 5.67. The van der Waals surface area contributed by atoms with Gasteiger partial charge in [0, 0.05) is 25.7 Å². The molecule has 2 saturated carbocycles. The Hall–Kier alpha value is -1.58. The fourth-order valence-corrected chi connectivity index (χ4v) is 6.88. The van der Waals surface area contributed by atoms with Crippen LogP contribution in [-0.4, -0.2) is 18.0 Å². The monoisotopic (exact) mass is 372 g/mol. The Kier molecular flexibility index (Phi) is 4.51. The van der Waals surface area contributed by atoms with Crippen LogP contribution in [0.4, 0.5) is 0 Å². The lowest BCUT2D eigenvalue weighted by atomic mass is 9.48. The summed E-state index contributed by atoms with van der Waals surface area (Å²) in [6.45, 7) is 7.71. The lowest BCUT2D eigenvalue weighted by Gasteiger charge is -2.56. The van der Waals surface area contributed by atoms with Crippen molar-refractivity contribution < 1.29 is 19.1 Å². The van der Waals surface area contributed by atoms with Gasteiger partial charge in [-0.3, -0.25) is 9.59 Å². The van der Waals surface area contributed by atoms with Gasteiger partial charge in [0.15, 0.2) is 0 Å². The van der Waals surface area contributed by atoms with E-state index in [2.05, 4.69) is 32.1 Å². The molecular formula is C23H32O4. The third-order valence-corrected chi connectivity index (χ3v) is 8.17. The van der Waals surface area contributed by atoms with Crippen molar-refractivity contribution in [3.05, 3.63) is 24.0 Å². The maximum atomic E-state index is 11.6. The Balaban J connectivity index is 1.63. The van der Waals surface area contributed by atoms with Crippen molar-refractivity contribution >= 4 is 11.9 Å². The Morgan fingerprint density at radius 3 is 2.48 bits per heavy atom. The molecule has 2 unspecified atom stereocenters. The van der Waals surface area contributed by atoms with E-state index in [1.54, 1.807) is 0 Å². The van der Waals surface area contributed by atoms with Crippen LogP contribution in [0, 0.1) is 34.5 Å². The van der Waals surface area contributed by atoms with Gasteiger partial charge in [0.2, 0.25) is 0 Å². The first kappa shape index (κ1) is 18.8. The number of rotatable bonds is 2. The Labute approximate surface area is 162 Å². The summed E-state index contributed by atoms with van der Waals surface area (Å²) in [5, 5.41) is 0. The summed E-state index contributed by atoms with van der Waals surface area (Å²) in [4.78, 5) is 23.0. The van der Waals surface area contributed by atoms with Crippen LogP contribution in [0.15, 0.2) is 24.0 Å². The molecule has 0 aromatic heterocycles. The van der Waals surface area contributed by atoms with Crippen LogP contribution in [0.3, 0.4) is 0 Å². The summed E-state index contributed by atoms with van der Waals surface area (Å²) in [6.07, 6.45) is 13.5. The lowest BCUT2D eigenvalue weighted by molar-refractivity contribution is -0.156. The average molecular weight is 373 g/mol. The van der Waals surface area contributed by atoms with E-state index in [4.69, 9.17) is 9.47 Å². The maximum Gasteiger partial charge on any atom is 0.307 e. The summed E-state index contributed by atoms with van der Waals surface area (Å²) in [6, 6.07) is 0. The van der Waals surface area contributed by atoms with Crippen LogP contribution in [0.2, 0.25) is 0 Å². The van der Waals surface area contributed by atoms with Crippen LogP contribution < -0.4 is 0 Å². The van der Waals surface area contributed by atoms with Crippen LogP contribution >= 0.6 is 0 Å². The fraction of sp³-hybridized carbons (Fsp3) is 0.739. The van der Waals surface area contributed by atoms with E-state index < -0.39 is 0 Å². The van der Waals surface area contributed by atoms with Crippen molar-refractivity contribution in [2.45, 2.75) is 72.3 Å². The molecule has 2 fully saturated rings. The van der Waals surface area contributed by atoms with Gasteiger partial charge in [0.25, 0.3) is 0 Å². The number of hydrogen-bond acceptors (Lipinski definition) is 4. The highest BCUT2D eigenvalue weighted by Crippen LogP contribution is 2.64. The molecule has 0 N–H and O–H groups in total.